The lowest BCUT2D eigenvalue weighted by Crippen LogP contribution is -2.38. The van der Waals surface area contributed by atoms with Crippen LogP contribution in [0, 0.1) is 5.92 Å². The number of amides is 2. The van der Waals surface area contributed by atoms with Crippen LogP contribution in [0.5, 0.6) is 5.75 Å². The average molecular weight is 236 g/mol. The molecule has 0 atom stereocenters. The van der Waals surface area contributed by atoms with E-state index >= 15 is 0 Å². The van der Waals surface area contributed by atoms with Gasteiger partial charge < -0.3 is 15.7 Å². The number of urea groups is 1. The van der Waals surface area contributed by atoms with Crippen LogP contribution in [0.15, 0.2) is 24.3 Å². The predicted molar refractivity (Wildman–Crippen MR) is 68.1 cm³/mol. The average Bonchev–Trinajstić information content (AvgIpc) is 2.26. The lowest BCUT2D eigenvalue weighted by molar-refractivity contribution is 0.239. The van der Waals surface area contributed by atoms with Gasteiger partial charge in [-0.05, 0) is 30.0 Å². The van der Waals surface area contributed by atoms with Crippen LogP contribution in [0.3, 0.4) is 0 Å². The molecule has 0 saturated heterocycles. The maximum Gasteiger partial charge on any atom is 0.314 e. The van der Waals surface area contributed by atoms with Crippen molar-refractivity contribution in [3.8, 4) is 5.75 Å². The molecule has 1 aromatic carbocycles. The molecule has 0 unspecified atom stereocenters. The Morgan fingerprint density at radius 1 is 1.35 bits per heavy atom. The summed E-state index contributed by atoms with van der Waals surface area (Å²) in [6.45, 7) is 5.34. The van der Waals surface area contributed by atoms with Gasteiger partial charge in [0.15, 0.2) is 0 Å². The molecule has 4 heteroatoms. The first-order chi connectivity index (χ1) is 8.08. The highest BCUT2D eigenvalue weighted by Gasteiger charge is 2.01. The number of benzene rings is 1. The van der Waals surface area contributed by atoms with Gasteiger partial charge in [-0.2, -0.15) is 0 Å². The number of aromatic hydroxyl groups is 1. The summed E-state index contributed by atoms with van der Waals surface area (Å²) in [7, 11) is 0. The van der Waals surface area contributed by atoms with Gasteiger partial charge in [-0.25, -0.2) is 4.79 Å². The van der Waals surface area contributed by atoms with Crippen LogP contribution in [0.2, 0.25) is 0 Å². The molecule has 0 bridgehead atoms. The zero-order valence-electron chi connectivity index (χ0n) is 10.4. The highest BCUT2D eigenvalue weighted by Crippen LogP contribution is 2.10. The Hall–Kier alpha value is -1.71. The first-order valence-corrected chi connectivity index (χ1v) is 5.87. The third-order valence-electron chi connectivity index (χ3n) is 2.28. The summed E-state index contributed by atoms with van der Waals surface area (Å²) >= 11 is 0. The van der Waals surface area contributed by atoms with Gasteiger partial charge in [-0.15, -0.1) is 0 Å². The van der Waals surface area contributed by atoms with E-state index in [0.717, 1.165) is 5.56 Å². The van der Waals surface area contributed by atoms with Crippen LogP contribution in [0.4, 0.5) is 4.79 Å². The summed E-state index contributed by atoms with van der Waals surface area (Å²) in [6, 6.07) is 6.91. The number of carbonyl (C=O) groups excluding carboxylic acids is 1. The molecule has 0 aliphatic carbocycles. The number of hydrogen-bond acceptors (Lipinski definition) is 2. The van der Waals surface area contributed by atoms with E-state index < -0.39 is 0 Å². The van der Waals surface area contributed by atoms with Crippen LogP contribution in [-0.4, -0.2) is 24.2 Å². The molecule has 1 rings (SSSR count). The molecule has 0 radical (unpaired) electrons. The number of carbonyl (C=O) groups is 1. The smallest absolute Gasteiger partial charge is 0.314 e. The molecular weight excluding hydrogens is 216 g/mol. The number of hydrogen-bond donors (Lipinski definition) is 3. The molecule has 4 nitrogen and oxygen atoms in total. The fraction of sp³-hybridized carbons (Fsp3) is 0.462. The third kappa shape index (κ3) is 5.80. The molecule has 0 saturated carbocycles. The van der Waals surface area contributed by atoms with Crippen molar-refractivity contribution < 1.29 is 9.90 Å². The molecule has 0 heterocycles. The minimum atomic E-state index is -0.140. The van der Waals surface area contributed by atoms with E-state index in [1.165, 1.54) is 0 Å². The Labute approximate surface area is 102 Å². The van der Waals surface area contributed by atoms with Crippen molar-refractivity contribution in [1.82, 2.24) is 10.6 Å². The van der Waals surface area contributed by atoms with Crippen molar-refractivity contribution in [3.63, 3.8) is 0 Å². The molecule has 2 amide bonds. The van der Waals surface area contributed by atoms with E-state index in [1.54, 1.807) is 18.2 Å². The van der Waals surface area contributed by atoms with Crippen LogP contribution in [0.1, 0.15) is 19.4 Å². The predicted octanol–water partition coefficient (Wildman–Crippen LogP) is 1.89. The highest BCUT2D eigenvalue weighted by atomic mass is 16.3. The minimum Gasteiger partial charge on any atom is -0.508 e. The number of phenols is 1. The molecule has 17 heavy (non-hydrogen) atoms. The van der Waals surface area contributed by atoms with E-state index in [1.807, 2.05) is 19.9 Å². The summed E-state index contributed by atoms with van der Waals surface area (Å²) in [5, 5.41) is 14.8. The van der Waals surface area contributed by atoms with Crippen LogP contribution in [-0.2, 0) is 6.42 Å². The van der Waals surface area contributed by atoms with Crippen molar-refractivity contribution in [1.29, 1.82) is 0 Å². The van der Waals surface area contributed by atoms with Gasteiger partial charge >= 0.3 is 6.03 Å². The monoisotopic (exact) mass is 236 g/mol. The van der Waals surface area contributed by atoms with E-state index in [4.69, 9.17) is 0 Å². The molecule has 0 aliphatic heterocycles. The quantitative estimate of drug-likeness (QED) is 0.731. The summed E-state index contributed by atoms with van der Waals surface area (Å²) in [5.41, 5.74) is 1.01. The lowest BCUT2D eigenvalue weighted by atomic mass is 10.1. The van der Waals surface area contributed by atoms with Crippen LogP contribution in [0.25, 0.3) is 0 Å². The maximum atomic E-state index is 11.3. The van der Waals surface area contributed by atoms with Crippen molar-refractivity contribution in [2.75, 3.05) is 13.1 Å². The first kappa shape index (κ1) is 13.4. The number of phenolic OH excluding ortho intramolecular Hbond substituents is 1. The van der Waals surface area contributed by atoms with Gasteiger partial charge in [-0.3, -0.25) is 0 Å². The summed E-state index contributed by atoms with van der Waals surface area (Å²) in [6.07, 6.45) is 0.712. The molecule has 0 aromatic heterocycles. The van der Waals surface area contributed by atoms with E-state index in [0.29, 0.717) is 25.4 Å². The second-order valence-electron chi connectivity index (χ2n) is 4.45. The minimum absolute atomic E-state index is 0.140. The Morgan fingerprint density at radius 2 is 2.12 bits per heavy atom. The molecule has 94 valence electrons. The van der Waals surface area contributed by atoms with Crippen molar-refractivity contribution >= 4 is 6.03 Å². The third-order valence-corrected chi connectivity index (χ3v) is 2.28. The lowest BCUT2D eigenvalue weighted by Gasteiger charge is -2.09. The summed E-state index contributed by atoms with van der Waals surface area (Å²) in [5.74, 6) is 0.707. The largest absolute Gasteiger partial charge is 0.508 e. The van der Waals surface area contributed by atoms with Gasteiger partial charge in [0.05, 0.1) is 0 Å². The van der Waals surface area contributed by atoms with E-state index in [-0.39, 0.29) is 11.8 Å². The number of nitrogens with one attached hydrogen (secondary N) is 2. The second-order valence-corrected chi connectivity index (χ2v) is 4.45. The summed E-state index contributed by atoms with van der Waals surface area (Å²) in [4.78, 5) is 11.3. The Kier molecular flexibility index (Phi) is 5.33. The number of rotatable bonds is 5. The van der Waals surface area contributed by atoms with Gasteiger partial charge in [0.2, 0.25) is 0 Å². The zero-order valence-corrected chi connectivity index (χ0v) is 10.4. The Balaban J connectivity index is 2.21. The van der Waals surface area contributed by atoms with Crippen molar-refractivity contribution in [3.05, 3.63) is 29.8 Å². The fourth-order valence-corrected chi connectivity index (χ4v) is 1.39. The van der Waals surface area contributed by atoms with Gasteiger partial charge in [0, 0.05) is 13.1 Å². The molecule has 3 N–H and O–H groups in total. The summed E-state index contributed by atoms with van der Waals surface area (Å²) < 4.78 is 0. The molecule has 1 aromatic rings. The van der Waals surface area contributed by atoms with E-state index in [2.05, 4.69) is 10.6 Å². The Bertz CT molecular complexity index is 364. The van der Waals surface area contributed by atoms with Crippen LogP contribution >= 0.6 is 0 Å². The van der Waals surface area contributed by atoms with Gasteiger partial charge in [-0.1, -0.05) is 26.0 Å². The van der Waals surface area contributed by atoms with Crippen molar-refractivity contribution in [2.45, 2.75) is 20.3 Å². The normalized spacial score (nSPS) is 10.3. The molecule has 0 fully saturated rings. The van der Waals surface area contributed by atoms with Gasteiger partial charge in [0.25, 0.3) is 0 Å². The standard InChI is InChI=1S/C13H20N2O2/c1-10(2)9-15-13(17)14-7-6-11-4-3-5-12(16)8-11/h3-5,8,10,16H,6-7,9H2,1-2H3,(H2,14,15,17). The molecule has 0 aliphatic rings. The van der Waals surface area contributed by atoms with E-state index in [9.17, 15) is 9.90 Å². The molecule has 0 spiro atoms. The maximum absolute atomic E-state index is 11.3. The SMILES string of the molecule is CC(C)CNC(=O)NCCc1cccc(O)c1. The van der Waals surface area contributed by atoms with Gasteiger partial charge in [0.1, 0.15) is 5.75 Å². The topological polar surface area (TPSA) is 61.4 Å². The highest BCUT2D eigenvalue weighted by molar-refractivity contribution is 5.73. The molecular formula is C13H20N2O2. The first-order valence-electron chi connectivity index (χ1n) is 5.87. The zero-order chi connectivity index (χ0) is 12.7. The fourth-order valence-electron chi connectivity index (χ4n) is 1.39. The second kappa shape index (κ2) is 6.78. The Morgan fingerprint density at radius 3 is 2.76 bits per heavy atom. The van der Waals surface area contributed by atoms with Crippen LogP contribution < -0.4 is 10.6 Å². The van der Waals surface area contributed by atoms with Crippen molar-refractivity contribution in [2.24, 2.45) is 5.92 Å².